The molecule has 0 aliphatic carbocycles. The number of benzene rings is 2. The quantitative estimate of drug-likeness (QED) is 0.641. The van der Waals surface area contributed by atoms with E-state index in [-0.39, 0.29) is 21.2 Å². The number of carbonyl (C=O) groups is 1. The number of carbonyl (C=O) groups excluding carboxylic acids is 1. The van der Waals surface area contributed by atoms with Gasteiger partial charge < -0.3 is 4.74 Å². The molecule has 0 saturated carbocycles. The maximum atomic E-state index is 13.4. The number of rotatable bonds is 4. The highest BCUT2D eigenvalue weighted by Gasteiger charge is 2.17. The second-order valence-corrected chi connectivity index (χ2v) is 5.91. The molecule has 21 heavy (non-hydrogen) atoms. The number of ether oxygens (including phenoxy) is 1. The zero-order valence-electron chi connectivity index (χ0n) is 10.9. The van der Waals surface area contributed by atoms with Gasteiger partial charge in [0.25, 0.3) is 0 Å². The molecule has 2 rings (SSSR count). The van der Waals surface area contributed by atoms with Gasteiger partial charge in [-0.15, -0.1) is 0 Å². The van der Waals surface area contributed by atoms with Crippen molar-refractivity contribution in [1.82, 2.24) is 0 Å². The molecular formula is C15H10BrCl2FO2. The third-order valence-electron chi connectivity index (χ3n) is 2.69. The highest BCUT2D eigenvalue weighted by Crippen LogP contribution is 2.32. The minimum atomic E-state index is -0.513. The van der Waals surface area contributed by atoms with E-state index in [9.17, 15) is 9.18 Å². The van der Waals surface area contributed by atoms with Crippen LogP contribution >= 0.6 is 39.1 Å². The van der Waals surface area contributed by atoms with E-state index in [1.165, 1.54) is 24.3 Å². The van der Waals surface area contributed by atoms with Crippen LogP contribution in [0.1, 0.15) is 22.8 Å². The fourth-order valence-corrected chi connectivity index (χ4v) is 2.73. The Morgan fingerprint density at radius 2 is 1.90 bits per heavy atom. The van der Waals surface area contributed by atoms with Crippen molar-refractivity contribution in [2.75, 3.05) is 6.61 Å². The number of halogens is 4. The summed E-state index contributed by atoms with van der Waals surface area (Å²) < 4.78 is 19.2. The Balaban J connectivity index is 2.46. The van der Waals surface area contributed by atoms with Gasteiger partial charge in [0, 0.05) is 21.7 Å². The van der Waals surface area contributed by atoms with Gasteiger partial charge in [-0.25, -0.2) is 4.39 Å². The van der Waals surface area contributed by atoms with E-state index in [2.05, 4.69) is 15.9 Å². The molecule has 0 radical (unpaired) electrons. The average molecular weight is 392 g/mol. The molecule has 6 heteroatoms. The Morgan fingerprint density at radius 3 is 2.52 bits per heavy atom. The van der Waals surface area contributed by atoms with Gasteiger partial charge in [0.2, 0.25) is 0 Å². The lowest BCUT2D eigenvalue weighted by molar-refractivity contribution is 0.103. The lowest BCUT2D eigenvalue weighted by Crippen LogP contribution is -2.04. The van der Waals surface area contributed by atoms with E-state index < -0.39 is 11.6 Å². The van der Waals surface area contributed by atoms with Gasteiger partial charge in [-0.2, -0.15) is 0 Å². The molecule has 0 saturated heterocycles. The van der Waals surface area contributed by atoms with Gasteiger partial charge in [0.1, 0.15) is 11.6 Å². The first-order chi connectivity index (χ1) is 9.92. The van der Waals surface area contributed by atoms with Crippen LogP contribution in [0.25, 0.3) is 0 Å². The lowest BCUT2D eigenvalue weighted by atomic mass is 10.0. The molecule has 0 aliphatic heterocycles. The third-order valence-corrected chi connectivity index (χ3v) is 3.76. The first kappa shape index (κ1) is 16.3. The molecule has 110 valence electrons. The molecule has 0 spiro atoms. The summed E-state index contributed by atoms with van der Waals surface area (Å²) in [6, 6.07) is 6.84. The topological polar surface area (TPSA) is 26.3 Å². The Bertz CT molecular complexity index is 684. The zero-order valence-corrected chi connectivity index (χ0v) is 14.0. The molecule has 2 aromatic carbocycles. The molecule has 0 aromatic heterocycles. The molecular weight excluding hydrogens is 382 g/mol. The summed E-state index contributed by atoms with van der Waals surface area (Å²) in [6.07, 6.45) is 0. The van der Waals surface area contributed by atoms with Crippen LogP contribution in [0.5, 0.6) is 5.75 Å². The maximum Gasteiger partial charge on any atom is 0.194 e. The molecule has 0 unspecified atom stereocenters. The minimum absolute atomic E-state index is 0.184. The molecule has 0 atom stereocenters. The van der Waals surface area contributed by atoms with Gasteiger partial charge in [-0.1, -0.05) is 39.1 Å². The van der Waals surface area contributed by atoms with E-state index in [1.54, 1.807) is 0 Å². The second kappa shape index (κ2) is 6.77. The average Bonchev–Trinajstić information content (AvgIpc) is 2.41. The van der Waals surface area contributed by atoms with Gasteiger partial charge >= 0.3 is 0 Å². The van der Waals surface area contributed by atoms with Crippen LogP contribution in [0.4, 0.5) is 4.39 Å². The number of ketones is 1. The highest BCUT2D eigenvalue weighted by molar-refractivity contribution is 9.10. The van der Waals surface area contributed by atoms with E-state index >= 15 is 0 Å². The van der Waals surface area contributed by atoms with Crippen molar-refractivity contribution in [1.29, 1.82) is 0 Å². The summed E-state index contributed by atoms with van der Waals surface area (Å²) in [5.41, 5.74) is 0.381. The summed E-state index contributed by atoms with van der Waals surface area (Å²) in [5, 5.41) is 0.480. The summed E-state index contributed by atoms with van der Waals surface area (Å²) in [7, 11) is 0. The smallest absolute Gasteiger partial charge is 0.194 e. The van der Waals surface area contributed by atoms with Crippen molar-refractivity contribution in [2.24, 2.45) is 0 Å². The lowest BCUT2D eigenvalue weighted by Gasteiger charge is -2.10. The Morgan fingerprint density at radius 1 is 1.19 bits per heavy atom. The standard InChI is InChI=1S/C15H10BrCl2FO2/c1-2-21-14-7-12(17)11(6-13(14)18)15(20)8-3-9(16)5-10(19)4-8/h3-7H,2H2,1H3. The van der Waals surface area contributed by atoms with Crippen LogP contribution in [0.2, 0.25) is 10.0 Å². The predicted molar refractivity (Wildman–Crippen MR) is 85.2 cm³/mol. The van der Waals surface area contributed by atoms with Crippen molar-refractivity contribution in [3.63, 3.8) is 0 Å². The van der Waals surface area contributed by atoms with Crippen molar-refractivity contribution >= 4 is 44.9 Å². The first-order valence-electron chi connectivity index (χ1n) is 6.05. The largest absolute Gasteiger partial charge is 0.492 e. The van der Waals surface area contributed by atoms with Crippen LogP contribution < -0.4 is 4.74 Å². The van der Waals surface area contributed by atoms with Crippen LogP contribution in [-0.2, 0) is 0 Å². The fourth-order valence-electron chi connectivity index (χ4n) is 1.81. The minimum Gasteiger partial charge on any atom is -0.492 e. The molecule has 0 heterocycles. The van der Waals surface area contributed by atoms with Crippen molar-refractivity contribution in [3.05, 3.63) is 61.8 Å². The highest BCUT2D eigenvalue weighted by atomic mass is 79.9. The number of hydrogen-bond acceptors (Lipinski definition) is 2. The fraction of sp³-hybridized carbons (Fsp3) is 0.133. The molecule has 2 aromatic rings. The Labute approximate surface area is 139 Å². The summed E-state index contributed by atoms with van der Waals surface area (Å²) >= 11 is 15.3. The van der Waals surface area contributed by atoms with Crippen molar-refractivity contribution < 1.29 is 13.9 Å². The van der Waals surface area contributed by atoms with Gasteiger partial charge in [-0.3, -0.25) is 4.79 Å². The van der Waals surface area contributed by atoms with Gasteiger partial charge in [0.05, 0.1) is 16.7 Å². The zero-order chi connectivity index (χ0) is 15.6. The van der Waals surface area contributed by atoms with Crippen molar-refractivity contribution in [3.8, 4) is 5.75 Å². The Kier molecular flexibility index (Phi) is 5.25. The second-order valence-electron chi connectivity index (χ2n) is 4.18. The van der Waals surface area contributed by atoms with Crippen LogP contribution in [0.3, 0.4) is 0 Å². The monoisotopic (exact) mass is 390 g/mol. The van der Waals surface area contributed by atoms with Gasteiger partial charge in [0.15, 0.2) is 5.78 Å². The SMILES string of the molecule is CCOc1cc(Cl)c(C(=O)c2cc(F)cc(Br)c2)cc1Cl. The van der Waals surface area contributed by atoms with Gasteiger partial charge in [-0.05, 0) is 31.2 Å². The molecule has 0 N–H and O–H groups in total. The number of hydrogen-bond donors (Lipinski definition) is 0. The van der Waals surface area contributed by atoms with E-state index in [0.717, 1.165) is 6.07 Å². The molecule has 0 fully saturated rings. The van der Waals surface area contributed by atoms with Crippen molar-refractivity contribution in [2.45, 2.75) is 6.92 Å². The first-order valence-corrected chi connectivity index (χ1v) is 7.60. The summed E-state index contributed by atoms with van der Waals surface area (Å²) in [5.74, 6) is -0.521. The molecule has 0 bridgehead atoms. The van der Waals surface area contributed by atoms with E-state index in [4.69, 9.17) is 27.9 Å². The summed E-state index contributed by atoms with van der Waals surface area (Å²) in [4.78, 5) is 12.4. The van der Waals surface area contributed by atoms with E-state index in [1.807, 2.05) is 6.92 Å². The third kappa shape index (κ3) is 3.76. The molecule has 2 nitrogen and oxygen atoms in total. The van der Waals surface area contributed by atoms with Crippen LogP contribution in [0.15, 0.2) is 34.8 Å². The summed E-state index contributed by atoms with van der Waals surface area (Å²) in [6.45, 7) is 2.24. The van der Waals surface area contributed by atoms with Crippen LogP contribution in [0, 0.1) is 5.82 Å². The predicted octanol–water partition coefficient (Wildman–Crippen LogP) is 5.52. The van der Waals surface area contributed by atoms with E-state index in [0.29, 0.717) is 16.8 Å². The van der Waals surface area contributed by atoms with Crippen LogP contribution in [-0.4, -0.2) is 12.4 Å². The molecule has 0 amide bonds. The Hall–Kier alpha value is -1.10. The molecule has 0 aliphatic rings. The maximum absolute atomic E-state index is 13.4. The normalized spacial score (nSPS) is 10.5.